The Hall–Kier alpha value is -2.73. The zero-order chi connectivity index (χ0) is 16.7. The lowest BCUT2D eigenvalue weighted by Crippen LogP contribution is -2.48. The fourth-order valence-electron chi connectivity index (χ4n) is 2.81. The van der Waals surface area contributed by atoms with Crippen molar-refractivity contribution in [1.82, 2.24) is 4.98 Å². The second kappa shape index (κ2) is 5.42. The summed E-state index contributed by atoms with van der Waals surface area (Å²) < 4.78 is 6.42. The molecule has 1 unspecified atom stereocenters. The number of nitrogens with one attached hydrogen (secondary N) is 1. The normalized spacial score (nSPS) is 19.6. The Kier molecular flexibility index (Phi) is 3.35. The van der Waals surface area contributed by atoms with Gasteiger partial charge in [0.05, 0.1) is 15.8 Å². The Labute approximate surface area is 142 Å². The first kappa shape index (κ1) is 14.8. The second-order valence-electron chi connectivity index (χ2n) is 5.90. The molecule has 3 aromatic rings. The van der Waals surface area contributed by atoms with Gasteiger partial charge < -0.3 is 4.74 Å². The maximum absolute atomic E-state index is 12.7. The molecule has 1 N–H and O–H groups in total. The average molecular weight is 338 g/mol. The molecular formula is C18H14N2O3S. The third kappa shape index (κ3) is 2.45. The number of ether oxygens (including phenoxy) is 1. The minimum Gasteiger partial charge on any atom is -0.445 e. The van der Waals surface area contributed by atoms with Gasteiger partial charge in [-0.2, -0.15) is 0 Å². The number of rotatable bonds is 2. The van der Waals surface area contributed by atoms with Crippen LogP contribution in [-0.4, -0.2) is 22.5 Å². The Morgan fingerprint density at radius 2 is 1.96 bits per heavy atom. The van der Waals surface area contributed by atoms with Crippen LogP contribution in [0.3, 0.4) is 0 Å². The largest absolute Gasteiger partial charge is 0.445 e. The Bertz CT molecular complexity index is 933. The lowest BCUT2D eigenvalue weighted by Gasteiger charge is -2.32. The van der Waals surface area contributed by atoms with Crippen LogP contribution in [0.2, 0.25) is 0 Å². The van der Waals surface area contributed by atoms with Gasteiger partial charge in [-0.25, -0.2) is 9.78 Å². The van der Waals surface area contributed by atoms with Gasteiger partial charge in [0.15, 0.2) is 10.7 Å². The smallest absolute Gasteiger partial charge is 0.339 e. The van der Waals surface area contributed by atoms with E-state index in [1.54, 1.807) is 19.1 Å². The lowest BCUT2D eigenvalue weighted by atomic mass is 9.89. The minimum atomic E-state index is -1.25. The number of thiazole rings is 1. The molecule has 5 nitrogen and oxygen atoms in total. The predicted molar refractivity (Wildman–Crippen MR) is 92.2 cm³/mol. The van der Waals surface area contributed by atoms with Crippen molar-refractivity contribution < 1.29 is 14.3 Å². The summed E-state index contributed by atoms with van der Waals surface area (Å²) in [6.07, 6.45) is 0.339. The van der Waals surface area contributed by atoms with Gasteiger partial charge in [-0.05, 0) is 30.7 Å². The van der Waals surface area contributed by atoms with Crippen molar-refractivity contribution >= 4 is 38.6 Å². The molecule has 24 heavy (non-hydrogen) atoms. The Balaban J connectivity index is 1.61. The summed E-state index contributed by atoms with van der Waals surface area (Å²) in [4.78, 5) is 29.3. The summed E-state index contributed by atoms with van der Waals surface area (Å²) in [5, 5.41) is 3.28. The van der Waals surface area contributed by atoms with Gasteiger partial charge in [-0.1, -0.05) is 41.7 Å². The van der Waals surface area contributed by atoms with Crippen LogP contribution >= 0.6 is 11.3 Å². The van der Waals surface area contributed by atoms with Crippen molar-refractivity contribution in [1.29, 1.82) is 0 Å². The van der Waals surface area contributed by atoms with Crippen LogP contribution in [0.4, 0.5) is 5.13 Å². The van der Waals surface area contributed by atoms with Gasteiger partial charge in [0.25, 0.3) is 5.91 Å². The number of amides is 1. The highest BCUT2D eigenvalue weighted by Crippen LogP contribution is 2.31. The van der Waals surface area contributed by atoms with E-state index in [4.69, 9.17) is 4.74 Å². The van der Waals surface area contributed by atoms with Crippen LogP contribution in [0.1, 0.15) is 22.8 Å². The minimum absolute atomic E-state index is 0.339. The molecule has 0 saturated heterocycles. The average Bonchev–Trinajstić information content (AvgIpc) is 2.97. The predicted octanol–water partition coefficient (Wildman–Crippen LogP) is 3.41. The molecule has 2 aromatic carbocycles. The summed E-state index contributed by atoms with van der Waals surface area (Å²) in [7, 11) is 0. The highest BCUT2D eigenvalue weighted by molar-refractivity contribution is 7.22. The molecule has 1 aromatic heterocycles. The maximum atomic E-state index is 12.7. The number of fused-ring (bicyclic) bond motifs is 2. The van der Waals surface area contributed by atoms with Crippen molar-refractivity contribution in [2.24, 2.45) is 0 Å². The van der Waals surface area contributed by atoms with Gasteiger partial charge in [-0.15, -0.1) is 0 Å². The summed E-state index contributed by atoms with van der Waals surface area (Å²) >= 11 is 1.39. The standard InChI is InChI=1S/C18H14N2O3S/c1-18(10-11-6-2-3-7-12(11)15(21)23-18)16(22)20-17-19-13-8-4-5-9-14(13)24-17/h2-9H,10H2,1H3,(H,19,20,22). The van der Waals surface area contributed by atoms with Crippen LogP contribution in [0, 0.1) is 0 Å². The third-order valence-corrected chi connectivity index (χ3v) is 5.03. The number of esters is 1. The summed E-state index contributed by atoms with van der Waals surface area (Å²) in [5.74, 6) is -0.844. The number of hydrogen-bond acceptors (Lipinski definition) is 5. The van der Waals surface area contributed by atoms with E-state index in [9.17, 15) is 9.59 Å². The molecule has 2 heterocycles. The summed E-state index contributed by atoms with van der Waals surface area (Å²) in [6.45, 7) is 1.63. The first-order valence-corrected chi connectivity index (χ1v) is 8.35. The number of benzene rings is 2. The van der Waals surface area contributed by atoms with Crippen LogP contribution in [0.5, 0.6) is 0 Å². The first-order chi connectivity index (χ1) is 11.5. The molecule has 6 heteroatoms. The highest BCUT2D eigenvalue weighted by Gasteiger charge is 2.42. The summed E-state index contributed by atoms with van der Waals surface area (Å²) in [6, 6.07) is 14.8. The highest BCUT2D eigenvalue weighted by atomic mass is 32.1. The van der Waals surface area contributed by atoms with Crippen molar-refractivity contribution in [2.75, 3.05) is 5.32 Å². The maximum Gasteiger partial charge on any atom is 0.339 e. The van der Waals surface area contributed by atoms with Crippen LogP contribution in [0.15, 0.2) is 48.5 Å². The number of nitrogens with zero attached hydrogens (tertiary/aromatic N) is 1. The molecule has 1 aliphatic rings. The second-order valence-corrected chi connectivity index (χ2v) is 6.93. The number of aromatic nitrogens is 1. The number of carbonyl (C=O) groups is 2. The SMILES string of the molecule is CC1(C(=O)Nc2nc3ccccc3s2)Cc2ccccc2C(=O)O1. The van der Waals surface area contributed by atoms with E-state index in [1.807, 2.05) is 36.4 Å². The summed E-state index contributed by atoms with van der Waals surface area (Å²) in [5.41, 5.74) is 0.913. The molecule has 0 bridgehead atoms. The molecular weight excluding hydrogens is 324 g/mol. The number of carbonyl (C=O) groups excluding carboxylic acids is 2. The Morgan fingerprint density at radius 1 is 1.21 bits per heavy atom. The van der Waals surface area contributed by atoms with Gasteiger partial charge in [-0.3, -0.25) is 10.1 Å². The fraction of sp³-hybridized carbons (Fsp3) is 0.167. The quantitative estimate of drug-likeness (QED) is 0.727. The van der Waals surface area contributed by atoms with E-state index in [0.29, 0.717) is 17.1 Å². The van der Waals surface area contributed by atoms with E-state index in [-0.39, 0.29) is 5.91 Å². The molecule has 0 radical (unpaired) electrons. The van der Waals surface area contributed by atoms with Gasteiger partial charge >= 0.3 is 5.97 Å². The first-order valence-electron chi connectivity index (χ1n) is 7.53. The van der Waals surface area contributed by atoms with Gasteiger partial charge in [0, 0.05) is 6.42 Å². The number of para-hydroxylation sites is 1. The molecule has 120 valence electrons. The lowest BCUT2D eigenvalue weighted by molar-refractivity contribution is -0.134. The van der Waals surface area contributed by atoms with Crippen LogP contribution in [0.25, 0.3) is 10.2 Å². The van der Waals surface area contributed by atoms with E-state index in [1.165, 1.54) is 11.3 Å². The topological polar surface area (TPSA) is 68.3 Å². The third-order valence-electron chi connectivity index (χ3n) is 4.08. The molecule has 1 amide bonds. The van der Waals surface area contributed by atoms with Gasteiger partial charge in [0.1, 0.15) is 0 Å². The van der Waals surface area contributed by atoms with Crippen molar-refractivity contribution in [3.63, 3.8) is 0 Å². The molecule has 0 aliphatic carbocycles. The van der Waals surface area contributed by atoms with Crippen molar-refractivity contribution in [3.05, 3.63) is 59.7 Å². The molecule has 0 saturated carbocycles. The van der Waals surface area contributed by atoms with Gasteiger partial charge in [0.2, 0.25) is 0 Å². The van der Waals surface area contributed by atoms with E-state index in [2.05, 4.69) is 10.3 Å². The molecule has 4 rings (SSSR count). The number of anilines is 1. The molecule has 0 spiro atoms. The van der Waals surface area contributed by atoms with E-state index < -0.39 is 11.6 Å². The number of cyclic esters (lactones) is 1. The zero-order valence-electron chi connectivity index (χ0n) is 12.9. The molecule has 1 atom stereocenters. The van der Waals surface area contributed by atoms with E-state index in [0.717, 1.165) is 15.8 Å². The molecule has 0 fully saturated rings. The van der Waals surface area contributed by atoms with Crippen LogP contribution < -0.4 is 5.32 Å². The monoisotopic (exact) mass is 338 g/mol. The van der Waals surface area contributed by atoms with E-state index >= 15 is 0 Å². The van der Waals surface area contributed by atoms with Crippen molar-refractivity contribution in [2.45, 2.75) is 18.9 Å². The van der Waals surface area contributed by atoms with Crippen LogP contribution in [-0.2, 0) is 16.0 Å². The Morgan fingerprint density at radius 3 is 2.79 bits per heavy atom. The number of hydrogen-bond donors (Lipinski definition) is 1. The van der Waals surface area contributed by atoms with Crippen molar-refractivity contribution in [3.8, 4) is 0 Å². The fourth-order valence-corrected chi connectivity index (χ4v) is 3.68. The zero-order valence-corrected chi connectivity index (χ0v) is 13.7. The molecule has 1 aliphatic heterocycles.